The first-order valence-corrected chi connectivity index (χ1v) is 7.20. The van der Waals surface area contributed by atoms with Crippen LogP contribution in [0, 0.1) is 0 Å². The van der Waals surface area contributed by atoms with Crippen LogP contribution in [0.15, 0.2) is 57.7 Å². The summed E-state index contributed by atoms with van der Waals surface area (Å²) < 4.78 is 15.7. The van der Waals surface area contributed by atoms with Crippen LogP contribution in [0.25, 0.3) is 22.1 Å². The van der Waals surface area contributed by atoms with Crippen molar-refractivity contribution >= 4 is 16.9 Å². The molecular formula is C18H15NO5. The molecule has 0 fully saturated rings. The Morgan fingerprint density at radius 2 is 1.79 bits per heavy atom. The maximum Gasteiger partial charge on any atom is 0.344 e. The highest BCUT2D eigenvalue weighted by Gasteiger charge is 2.09. The maximum atomic E-state index is 12.3. The molecule has 122 valence electrons. The van der Waals surface area contributed by atoms with Crippen LogP contribution in [-0.4, -0.2) is 19.6 Å². The van der Waals surface area contributed by atoms with Gasteiger partial charge in [-0.2, -0.15) is 0 Å². The number of hydrogen-bond donors (Lipinski definition) is 1. The minimum absolute atomic E-state index is 0.236. The predicted octanol–water partition coefficient (Wildman–Crippen LogP) is 2.33. The van der Waals surface area contributed by atoms with Crippen molar-refractivity contribution in [1.29, 1.82) is 0 Å². The van der Waals surface area contributed by atoms with Gasteiger partial charge in [-0.15, -0.1) is 0 Å². The Morgan fingerprint density at radius 3 is 2.46 bits per heavy atom. The van der Waals surface area contributed by atoms with Gasteiger partial charge < -0.3 is 19.6 Å². The van der Waals surface area contributed by atoms with Gasteiger partial charge in [-0.3, -0.25) is 4.79 Å². The lowest BCUT2D eigenvalue weighted by molar-refractivity contribution is -0.119. The van der Waals surface area contributed by atoms with Crippen LogP contribution in [-0.2, 0) is 4.79 Å². The molecule has 0 saturated carbocycles. The van der Waals surface area contributed by atoms with Crippen LogP contribution < -0.4 is 20.8 Å². The summed E-state index contributed by atoms with van der Waals surface area (Å²) in [6, 6.07) is 13.9. The lowest BCUT2D eigenvalue weighted by atomic mass is 10.1. The fraction of sp³-hybridized carbons (Fsp3) is 0.111. The summed E-state index contributed by atoms with van der Waals surface area (Å²) in [5.74, 6) is 0.535. The van der Waals surface area contributed by atoms with Gasteiger partial charge in [-0.1, -0.05) is 12.1 Å². The second-order valence-corrected chi connectivity index (χ2v) is 5.13. The highest BCUT2D eigenvalue weighted by Crippen LogP contribution is 2.25. The smallest absolute Gasteiger partial charge is 0.344 e. The standard InChI is InChI=1S/C18H15NO5/c1-22-13-5-2-11(3-6-13)15-8-12-4-7-14(23-10-17(19)20)9-16(12)24-18(15)21/h2-9H,10H2,1H3,(H2,19,20). The van der Waals surface area contributed by atoms with E-state index in [2.05, 4.69) is 0 Å². The largest absolute Gasteiger partial charge is 0.497 e. The van der Waals surface area contributed by atoms with Crippen molar-refractivity contribution in [3.05, 3.63) is 59.0 Å². The van der Waals surface area contributed by atoms with E-state index >= 15 is 0 Å². The zero-order chi connectivity index (χ0) is 17.1. The zero-order valence-corrected chi connectivity index (χ0v) is 12.9. The van der Waals surface area contributed by atoms with Gasteiger partial charge in [-0.25, -0.2) is 4.79 Å². The molecule has 0 spiro atoms. The fourth-order valence-electron chi connectivity index (χ4n) is 2.31. The topological polar surface area (TPSA) is 91.8 Å². The number of carbonyl (C=O) groups excluding carboxylic acids is 1. The van der Waals surface area contributed by atoms with Gasteiger partial charge in [-0.05, 0) is 35.9 Å². The molecule has 0 radical (unpaired) electrons. The summed E-state index contributed by atoms with van der Waals surface area (Å²) in [6.45, 7) is -0.236. The molecule has 3 aromatic rings. The number of fused-ring (bicyclic) bond motifs is 1. The number of hydrogen-bond acceptors (Lipinski definition) is 5. The van der Waals surface area contributed by atoms with Crippen molar-refractivity contribution in [1.82, 2.24) is 0 Å². The monoisotopic (exact) mass is 325 g/mol. The first-order chi connectivity index (χ1) is 11.6. The van der Waals surface area contributed by atoms with Gasteiger partial charge in [0.15, 0.2) is 6.61 Å². The van der Waals surface area contributed by atoms with Gasteiger partial charge in [0.05, 0.1) is 12.7 Å². The van der Waals surface area contributed by atoms with Gasteiger partial charge in [0.2, 0.25) is 0 Å². The Hall–Kier alpha value is -3.28. The lowest BCUT2D eigenvalue weighted by Crippen LogP contribution is -2.19. The number of rotatable bonds is 5. The molecule has 2 N–H and O–H groups in total. The fourth-order valence-corrected chi connectivity index (χ4v) is 2.31. The van der Waals surface area contributed by atoms with E-state index in [-0.39, 0.29) is 6.61 Å². The van der Waals surface area contributed by atoms with E-state index in [0.717, 1.165) is 10.9 Å². The summed E-state index contributed by atoms with van der Waals surface area (Å²) in [5.41, 5.74) is 6.14. The molecular weight excluding hydrogens is 310 g/mol. The van der Waals surface area contributed by atoms with Crippen molar-refractivity contribution in [3.63, 3.8) is 0 Å². The molecule has 0 aliphatic carbocycles. The molecule has 1 amide bonds. The molecule has 1 heterocycles. The summed E-state index contributed by atoms with van der Waals surface area (Å²) in [4.78, 5) is 23.0. The molecule has 0 bridgehead atoms. The number of ether oxygens (including phenoxy) is 2. The summed E-state index contributed by atoms with van der Waals surface area (Å²) in [5, 5.41) is 0.742. The van der Waals surface area contributed by atoms with Crippen LogP contribution >= 0.6 is 0 Å². The molecule has 2 aromatic carbocycles. The highest BCUT2D eigenvalue weighted by molar-refractivity contribution is 5.83. The predicted molar refractivity (Wildman–Crippen MR) is 89.2 cm³/mol. The maximum absolute atomic E-state index is 12.3. The Kier molecular flexibility index (Phi) is 4.20. The Labute approximate surface area is 137 Å². The molecule has 1 aromatic heterocycles. The van der Waals surface area contributed by atoms with E-state index in [1.165, 1.54) is 0 Å². The van der Waals surface area contributed by atoms with E-state index in [9.17, 15) is 9.59 Å². The molecule has 24 heavy (non-hydrogen) atoms. The minimum Gasteiger partial charge on any atom is -0.497 e. The van der Waals surface area contributed by atoms with Crippen molar-refractivity contribution in [2.45, 2.75) is 0 Å². The van der Waals surface area contributed by atoms with Crippen LogP contribution in [0.1, 0.15) is 0 Å². The summed E-state index contributed by atoms with van der Waals surface area (Å²) in [7, 11) is 1.58. The molecule has 6 heteroatoms. The van der Waals surface area contributed by atoms with Gasteiger partial charge >= 0.3 is 5.63 Å². The molecule has 0 aliphatic rings. The average molecular weight is 325 g/mol. The molecule has 6 nitrogen and oxygen atoms in total. The first kappa shape index (κ1) is 15.6. The Balaban J connectivity index is 1.99. The van der Waals surface area contributed by atoms with E-state index in [1.54, 1.807) is 55.6 Å². The van der Waals surface area contributed by atoms with Gasteiger partial charge in [0.25, 0.3) is 5.91 Å². The van der Waals surface area contributed by atoms with Crippen LogP contribution in [0.4, 0.5) is 0 Å². The zero-order valence-electron chi connectivity index (χ0n) is 12.9. The second-order valence-electron chi connectivity index (χ2n) is 5.13. The van der Waals surface area contributed by atoms with E-state index in [4.69, 9.17) is 19.6 Å². The van der Waals surface area contributed by atoms with E-state index < -0.39 is 11.5 Å². The third kappa shape index (κ3) is 3.22. The Bertz CT molecular complexity index is 944. The number of amides is 1. The van der Waals surface area contributed by atoms with E-state index in [0.29, 0.717) is 22.6 Å². The van der Waals surface area contributed by atoms with Gasteiger partial charge in [0, 0.05) is 11.5 Å². The van der Waals surface area contributed by atoms with Crippen LogP contribution in [0.5, 0.6) is 11.5 Å². The normalized spacial score (nSPS) is 10.5. The van der Waals surface area contributed by atoms with Crippen molar-refractivity contribution in [3.8, 4) is 22.6 Å². The number of benzene rings is 2. The molecule has 0 atom stereocenters. The van der Waals surface area contributed by atoms with Crippen molar-refractivity contribution in [2.75, 3.05) is 13.7 Å². The first-order valence-electron chi connectivity index (χ1n) is 7.20. The number of nitrogens with two attached hydrogens (primary N) is 1. The third-order valence-corrected chi connectivity index (χ3v) is 3.49. The Morgan fingerprint density at radius 1 is 1.08 bits per heavy atom. The van der Waals surface area contributed by atoms with Crippen molar-refractivity contribution in [2.24, 2.45) is 5.73 Å². The quantitative estimate of drug-likeness (QED) is 0.727. The molecule has 0 aliphatic heterocycles. The molecule has 0 unspecified atom stereocenters. The minimum atomic E-state index is -0.577. The highest BCUT2D eigenvalue weighted by atomic mass is 16.5. The molecule has 0 saturated heterocycles. The SMILES string of the molecule is COc1ccc(-c2cc3ccc(OCC(N)=O)cc3oc2=O)cc1. The van der Waals surface area contributed by atoms with Crippen molar-refractivity contribution < 1.29 is 18.7 Å². The average Bonchev–Trinajstić information content (AvgIpc) is 2.59. The lowest BCUT2D eigenvalue weighted by Gasteiger charge is -2.06. The number of carbonyl (C=O) groups is 1. The summed E-state index contributed by atoms with van der Waals surface area (Å²) in [6.07, 6.45) is 0. The number of methoxy groups -OCH3 is 1. The van der Waals surface area contributed by atoms with E-state index in [1.807, 2.05) is 0 Å². The third-order valence-electron chi connectivity index (χ3n) is 3.49. The van der Waals surface area contributed by atoms with Crippen LogP contribution in [0.2, 0.25) is 0 Å². The second kappa shape index (κ2) is 6.45. The number of primary amides is 1. The molecule has 3 rings (SSSR count). The van der Waals surface area contributed by atoms with Gasteiger partial charge in [0.1, 0.15) is 17.1 Å². The van der Waals surface area contributed by atoms with Crippen LogP contribution in [0.3, 0.4) is 0 Å². The summed E-state index contributed by atoms with van der Waals surface area (Å²) >= 11 is 0.